The number of rotatable bonds is 7. The molecule has 0 radical (unpaired) electrons. The van der Waals surface area contributed by atoms with Gasteiger partial charge >= 0.3 is 0 Å². The number of hydrogen-bond acceptors (Lipinski definition) is 4. The third-order valence-electron chi connectivity index (χ3n) is 2.38. The van der Waals surface area contributed by atoms with Crippen molar-refractivity contribution in [3.8, 4) is 5.75 Å². The summed E-state index contributed by atoms with van der Waals surface area (Å²) in [7, 11) is 0. The number of ether oxygens (including phenoxy) is 2. The zero-order valence-corrected chi connectivity index (χ0v) is 11.7. The number of amides is 1. The minimum atomic E-state index is -0.165. The van der Waals surface area contributed by atoms with Crippen LogP contribution in [0.15, 0.2) is 18.2 Å². The van der Waals surface area contributed by atoms with Gasteiger partial charge in [0.25, 0.3) is 5.91 Å². The zero-order valence-electron chi connectivity index (χ0n) is 11.7. The maximum absolute atomic E-state index is 11.9. The van der Waals surface area contributed by atoms with Crippen molar-refractivity contribution < 1.29 is 14.3 Å². The molecule has 0 atom stereocenters. The van der Waals surface area contributed by atoms with Crippen LogP contribution in [0.1, 0.15) is 31.1 Å². The van der Waals surface area contributed by atoms with E-state index in [1.807, 2.05) is 20.8 Å². The molecule has 0 saturated carbocycles. The predicted molar refractivity (Wildman–Crippen MR) is 75.4 cm³/mol. The number of carbonyl (C=O) groups is 1. The Morgan fingerprint density at radius 1 is 1.37 bits per heavy atom. The second-order valence-corrected chi connectivity index (χ2v) is 4.38. The lowest BCUT2D eigenvalue weighted by Gasteiger charge is -2.13. The summed E-state index contributed by atoms with van der Waals surface area (Å²) in [5, 5.41) is 2.74. The number of anilines is 1. The Morgan fingerprint density at radius 2 is 2.11 bits per heavy atom. The molecule has 3 N–H and O–H groups in total. The van der Waals surface area contributed by atoms with Crippen LogP contribution >= 0.6 is 0 Å². The molecule has 0 spiro atoms. The molecule has 0 fully saturated rings. The van der Waals surface area contributed by atoms with Crippen LogP contribution in [0.3, 0.4) is 0 Å². The molecule has 1 aromatic rings. The highest BCUT2D eigenvalue weighted by atomic mass is 16.5. The number of hydrogen-bond donors (Lipinski definition) is 2. The second-order valence-electron chi connectivity index (χ2n) is 4.38. The van der Waals surface area contributed by atoms with E-state index >= 15 is 0 Å². The van der Waals surface area contributed by atoms with Crippen molar-refractivity contribution >= 4 is 11.6 Å². The Kier molecular flexibility index (Phi) is 6.15. The Balaban J connectivity index is 2.68. The summed E-state index contributed by atoms with van der Waals surface area (Å²) in [5.74, 6) is 0.320. The fourth-order valence-electron chi connectivity index (χ4n) is 1.54. The van der Waals surface area contributed by atoms with Crippen molar-refractivity contribution in [1.82, 2.24) is 5.32 Å². The van der Waals surface area contributed by atoms with Crippen LogP contribution in [0, 0.1) is 0 Å². The summed E-state index contributed by atoms with van der Waals surface area (Å²) >= 11 is 0. The van der Waals surface area contributed by atoms with Gasteiger partial charge in [0, 0.05) is 18.3 Å². The van der Waals surface area contributed by atoms with Crippen molar-refractivity contribution in [1.29, 1.82) is 0 Å². The molecule has 1 rings (SSSR count). The first-order valence-electron chi connectivity index (χ1n) is 6.46. The molecule has 5 nitrogen and oxygen atoms in total. The van der Waals surface area contributed by atoms with E-state index in [2.05, 4.69) is 5.32 Å². The Bertz CT molecular complexity index is 419. The van der Waals surface area contributed by atoms with E-state index in [9.17, 15) is 4.79 Å². The normalized spacial score (nSPS) is 10.5. The summed E-state index contributed by atoms with van der Waals surface area (Å²) < 4.78 is 11.0. The highest BCUT2D eigenvalue weighted by Crippen LogP contribution is 2.21. The molecule has 0 heterocycles. The molecule has 0 aliphatic rings. The van der Waals surface area contributed by atoms with Crippen LogP contribution in [0.2, 0.25) is 0 Å². The molecule has 1 aromatic carbocycles. The van der Waals surface area contributed by atoms with Crippen molar-refractivity contribution in [2.24, 2.45) is 0 Å². The average Bonchev–Trinajstić information content (AvgIpc) is 2.34. The Morgan fingerprint density at radius 3 is 2.74 bits per heavy atom. The summed E-state index contributed by atoms with van der Waals surface area (Å²) in [6.07, 6.45) is 0.160. The van der Waals surface area contributed by atoms with Crippen LogP contribution in [0.4, 0.5) is 5.69 Å². The number of carbonyl (C=O) groups excluding carboxylic acids is 1. The fraction of sp³-hybridized carbons (Fsp3) is 0.500. The fourth-order valence-corrected chi connectivity index (χ4v) is 1.54. The van der Waals surface area contributed by atoms with Gasteiger partial charge in [-0.15, -0.1) is 0 Å². The van der Waals surface area contributed by atoms with Crippen LogP contribution in [-0.2, 0) is 4.74 Å². The Labute approximate surface area is 114 Å². The molecule has 0 bridgehead atoms. The molecule has 1 amide bonds. The molecule has 0 aromatic heterocycles. The summed E-state index contributed by atoms with van der Waals surface area (Å²) in [5.41, 5.74) is 6.76. The number of nitrogens with one attached hydrogen (secondary N) is 1. The number of nitrogen functional groups attached to an aromatic ring is 1. The van der Waals surface area contributed by atoms with Crippen molar-refractivity contribution in [2.75, 3.05) is 25.5 Å². The number of benzene rings is 1. The van der Waals surface area contributed by atoms with E-state index in [4.69, 9.17) is 15.2 Å². The van der Waals surface area contributed by atoms with Crippen LogP contribution in [-0.4, -0.2) is 31.8 Å². The highest BCUT2D eigenvalue weighted by Gasteiger charge is 2.12. The first-order valence-corrected chi connectivity index (χ1v) is 6.46. The second kappa shape index (κ2) is 7.63. The van der Waals surface area contributed by atoms with Crippen LogP contribution < -0.4 is 15.8 Å². The van der Waals surface area contributed by atoms with Crippen molar-refractivity contribution in [3.63, 3.8) is 0 Å². The molecular formula is C14H22N2O3. The minimum Gasteiger partial charge on any atom is -0.490 e. The molecule has 5 heteroatoms. The molecule has 0 aliphatic heterocycles. The van der Waals surface area contributed by atoms with Crippen LogP contribution in [0.25, 0.3) is 0 Å². The first-order chi connectivity index (χ1) is 9.04. The largest absolute Gasteiger partial charge is 0.490 e. The van der Waals surface area contributed by atoms with Gasteiger partial charge in [-0.25, -0.2) is 0 Å². The van der Waals surface area contributed by atoms with Crippen LogP contribution in [0.5, 0.6) is 5.75 Å². The van der Waals surface area contributed by atoms with Gasteiger partial charge in [0.15, 0.2) is 0 Å². The summed E-state index contributed by atoms with van der Waals surface area (Å²) in [6, 6.07) is 5.00. The molecule has 0 unspecified atom stereocenters. The summed E-state index contributed by atoms with van der Waals surface area (Å²) in [6.45, 7) is 7.21. The van der Waals surface area contributed by atoms with Gasteiger partial charge in [-0.1, -0.05) is 0 Å². The molecule has 0 saturated heterocycles. The standard InChI is InChI=1S/C14H22N2O3/c1-4-16-14(17)12-6-5-11(15)9-13(12)19-8-7-18-10(2)3/h5-6,9-10H,4,7-8,15H2,1-3H3,(H,16,17). The van der Waals surface area contributed by atoms with Gasteiger partial charge < -0.3 is 20.5 Å². The van der Waals surface area contributed by atoms with E-state index < -0.39 is 0 Å². The summed E-state index contributed by atoms with van der Waals surface area (Å²) in [4.78, 5) is 11.9. The highest BCUT2D eigenvalue weighted by molar-refractivity contribution is 5.97. The predicted octanol–water partition coefficient (Wildman–Crippen LogP) is 1.82. The third-order valence-corrected chi connectivity index (χ3v) is 2.38. The molecular weight excluding hydrogens is 244 g/mol. The molecule has 0 aliphatic carbocycles. The third kappa shape index (κ3) is 5.18. The van der Waals surface area contributed by atoms with Crippen molar-refractivity contribution in [3.05, 3.63) is 23.8 Å². The lowest BCUT2D eigenvalue weighted by atomic mass is 10.1. The minimum absolute atomic E-state index is 0.160. The zero-order chi connectivity index (χ0) is 14.3. The maximum Gasteiger partial charge on any atom is 0.255 e. The SMILES string of the molecule is CCNC(=O)c1ccc(N)cc1OCCOC(C)C. The van der Waals surface area contributed by atoms with Gasteiger partial charge in [-0.05, 0) is 32.9 Å². The Hall–Kier alpha value is -1.75. The van der Waals surface area contributed by atoms with Gasteiger partial charge in [0.1, 0.15) is 12.4 Å². The molecule has 19 heavy (non-hydrogen) atoms. The lowest BCUT2D eigenvalue weighted by Crippen LogP contribution is -2.23. The van der Waals surface area contributed by atoms with E-state index in [-0.39, 0.29) is 12.0 Å². The van der Waals surface area contributed by atoms with E-state index in [1.165, 1.54) is 0 Å². The van der Waals surface area contributed by atoms with Gasteiger partial charge in [0.05, 0.1) is 18.3 Å². The van der Waals surface area contributed by atoms with Crippen molar-refractivity contribution in [2.45, 2.75) is 26.9 Å². The monoisotopic (exact) mass is 266 g/mol. The van der Waals surface area contributed by atoms with E-state index in [1.54, 1.807) is 18.2 Å². The lowest BCUT2D eigenvalue weighted by molar-refractivity contribution is 0.0548. The topological polar surface area (TPSA) is 73.6 Å². The first kappa shape index (κ1) is 15.3. The average molecular weight is 266 g/mol. The van der Waals surface area contributed by atoms with E-state index in [0.717, 1.165) is 0 Å². The van der Waals surface area contributed by atoms with Gasteiger partial charge in [0.2, 0.25) is 0 Å². The smallest absolute Gasteiger partial charge is 0.255 e. The van der Waals surface area contributed by atoms with E-state index in [0.29, 0.717) is 36.8 Å². The molecule has 106 valence electrons. The van der Waals surface area contributed by atoms with Gasteiger partial charge in [-0.2, -0.15) is 0 Å². The maximum atomic E-state index is 11.9. The van der Waals surface area contributed by atoms with Gasteiger partial charge in [-0.3, -0.25) is 4.79 Å². The number of nitrogens with two attached hydrogens (primary N) is 1. The quantitative estimate of drug-likeness (QED) is 0.583.